The van der Waals surface area contributed by atoms with Crippen LogP contribution in [0.4, 0.5) is 51.2 Å². The van der Waals surface area contributed by atoms with Crippen molar-refractivity contribution in [1.29, 1.82) is 0 Å². The Morgan fingerprint density at radius 1 is 0.270 bits per heavy atom. The van der Waals surface area contributed by atoms with Crippen LogP contribution in [0.5, 0.6) is 0 Å². The van der Waals surface area contributed by atoms with Gasteiger partial charge in [0.1, 0.15) is 0 Å². The van der Waals surface area contributed by atoms with Crippen LogP contribution in [-0.2, 0) is 43.3 Å². The lowest BCUT2D eigenvalue weighted by Gasteiger charge is -2.46. The van der Waals surface area contributed by atoms with Crippen LogP contribution < -0.4 is 31.1 Å². The van der Waals surface area contributed by atoms with E-state index in [2.05, 4.69) is 435 Å². The highest BCUT2D eigenvalue weighted by Gasteiger charge is 2.46. The van der Waals surface area contributed by atoms with Gasteiger partial charge in [0, 0.05) is 50.9 Å². The molecule has 0 atom stereocenters. The second kappa shape index (κ2) is 26.4. The number of anilines is 9. The molecule has 0 spiro atoms. The van der Waals surface area contributed by atoms with Crippen molar-refractivity contribution in [2.75, 3.05) is 14.7 Å². The van der Waals surface area contributed by atoms with Crippen LogP contribution in [0.15, 0.2) is 261 Å². The minimum absolute atomic E-state index is 0.0127. The summed E-state index contributed by atoms with van der Waals surface area (Å²) in [7, 11) is 0. The Morgan fingerprint density at radius 3 is 0.982 bits per heavy atom. The molecule has 16 rings (SSSR count). The molecule has 0 aromatic heterocycles. The molecule has 111 heavy (non-hydrogen) atoms. The van der Waals surface area contributed by atoms with E-state index in [1.165, 1.54) is 122 Å². The van der Waals surface area contributed by atoms with Gasteiger partial charge in [0.05, 0.1) is 5.69 Å². The molecule has 3 nitrogen and oxygen atoms in total. The highest BCUT2D eigenvalue weighted by Crippen LogP contribution is 2.56. The molecule has 0 saturated carbocycles. The summed E-state index contributed by atoms with van der Waals surface area (Å²) in [5.41, 5.74) is 37.0. The lowest BCUT2D eigenvalue weighted by Crippen LogP contribution is -2.61. The van der Waals surface area contributed by atoms with Gasteiger partial charge in [0.15, 0.2) is 0 Å². The van der Waals surface area contributed by atoms with E-state index in [1.54, 1.807) is 0 Å². The maximum absolute atomic E-state index is 2.68. The first-order chi connectivity index (χ1) is 52.2. The minimum Gasteiger partial charge on any atom is -0.311 e. The fraction of sp³-hybridized carbons (Fsp3) is 0.290. The van der Waals surface area contributed by atoms with Gasteiger partial charge in [-0.2, -0.15) is 0 Å². The number of rotatable bonds is 9. The van der Waals surface area contributed by atoms with E-state index < -0.39 is 0 Å². The van der Waals surface area contributed by atoms with E-state index >= 15 is 0 Å². The number of hydrogen-bond donors (Lipinski definition) is 0. The highest BCUT2D eigenvalue weighted by atomic mass is 15.2. The molecule has 0 fully saturated rings. The Kier molecular flexibility index (Phi) is 17.7. The summed E-state index contributed by atoms with van der Waals surface area (Å²) in [5.74, 6) is 0. The Bertz CT molecular complexity index is 5390. The number of benzene rings is 13. The molecule has 558 valence electrons. The average Bonchev–Trinajstić information content (AvgIpc) is 1.25. The third-order valence-corrected chi connectivity index (χ3v) is 24.5. The zero-order valence-electron chi connectivity index (χ0n) is 70.2. The third-order valence-electron chi connectivity index (χ3n) is 24.5. The van der Waals surface area contributed by atoms with Crippen molar-refractivity contribution in [3.05, 3.63) is 311 Å². The smallest absolute Gasteiger partial charge is 0.252 e. The van der Waals surface area contributed by atoms with Crippen LogP contribution in [0.25, 0.3) is 66.4 Å². The van der Waals surface area contributed by atoms with Crippen LogP contribution in [0.1, 0.15) is 209 Å². The number of fused-ring (bicyclic) bond motifs is 9. The first-order valence-corrected chi connectivity index (χ1v) is 40.6. The molecule has 13 aromatic carbocycles. The van der Waals surface area contributed by atoms with E-state index in [4.69, 9.17) is 0 Å². The molecule has 13 aromatic rings. The summed E-state index contributed by atoms with van der Waals surface area (Å²) >= 11 is 0. The van der Waals surface area contributed by atoms with Gasteiger partial charge < -0.3 is 14.7 Å². The van der Waals surface area contributed by atoms with Gasteiger partial charge in [-0.05, 0) is 256 Å². The molecule has 1 aliphatic carbocycles. The molecular weight excluding hydrogens is 1340 g/mol. The molecule has 0 radical (unpaired) electrons. The van der Waals surface area contributed by atoms with E-state index in [0.717, 1.165) is 62.1 Å². The number of hydrogen-bond acceptors (Lipinski definition) is 3. The van der Waals surface area contributed by atoms with Gasteiger partial charge >= 0.3 is 0 Å². The standard InChI is InChI=1S/C107H112BN3/c1-100(2,3)76-37-28-67(29-38-76)72-56-73(68-30-39-77(40-31-68)101(4,5)6)59-85(58-72)110-94-54-47-81(105(16,17)18)62-92(94)108-93-63-82(106(19,20)21)48-55-95(93)111(86-60-74(69-32-41-78(42-33-69)102(7,8)9)57-75(61-86)70-34-43-79(44-35-70)103(10,11)12)97-66-87(65-96(110)99(97)108)109(83-49-45-80(46-50-83)104(13,14)15)84-51-52-89-91(64-84)107(22,23)90-53-36-71-26-24-25-27-88(71)98(89)90/h24-66H,1-23H3. The molecule has 2 heterocycles. The molecule has 0 amide bonds. The van der Waals surface area contributed by atoms with Crippen molar-refractivity contribution in [2.24, 2.45) is 0 Å². The Labute approximate surface area is 664 Å². The summed E-state index contributed by atoms with van der Waals surface area (Å²) < 4.78 is 0. The second-order valence-corrected chi connectivity index (χ2v) is 40.1. The van der Waals surface area contributed by atoms with Crippen LogP contribution in [0, 0.1) is 0 Å². The quantitative estimate of drug-likeness (QED) is 0.133. The van der Waals surface area contributed by atoms with Gasteiger partial charge in [-0.1, -0.05) is 335 Å². The molecule has 2 aliphatic heterocycles. The molecule has 3 aliphatic rings. The SMILES string of the molecule is CC(C)(C)c1ccc(-c2cc(-c3ccc(C(C)(C)C)cc3)cc(N3c4ccc(C(C)(C)C)cc4B4c5cc(C(C)(C)C)ccc5N(c5cc(-c6ccc(C(C)(C)C)cc6)cc(-c6ccc(C(C)(C)C)cc6)c5)c5cc(N(c6ccc(C(C)(C)C)cc6)c6ccc7c(c6)C(C)(C)c6ccc8ccccc8c6-7)cc3c54)c2)cc1. The fourth-order valence-electron chi connectivity index (χ4n) is 17.6. The Hall–Kier alpha value is -10.4. The zero-order chi connectivity index (χ0) is 78.8. The first kappa shape index (κ1) is 74.7. The molecule has 4 heteroatoms. The van der Waals surface area contributed by atoms with Gasteiger partial charge in [-0.25, -0.2) is 0 Å². The van der Waals surface area contributed by atoms with E-state index in [9.17, 15) is 0 Å². The van der Waals surface area contributed by atoms with Crippen LogP contribution in [0.2, 0.25) is 0 Å². The normalized spacial score (nSPS) is 14.1. The Balaban J connectivity index is 1.05. The maximum atomic E-state index is 2.68. The maximum Gasteiger partial charge on any atom is 0.252 e. The van der Waals surface area contributed by atoms with E-state index in [-0.39, 0.29) is 50.0 Å². The van der Waals surface area contributed by atoms with Gasteiger partial charge in [0.25, 0.3) is 6.71 Å². The fourth-order valence-corrected chi connectivity index (χ4v) is 17.6. The predicted octanol–water partition coefficient (Wildman–Crippen LogP) is 28.4. The van der Waals surface area contributed by atoms with Gasteiger partial charge in [0.2, 0.25) is 0 Å². The summed E-state index contributed by atoms with van der Waals surface area (Å²) in [5, 5.41) is 2.56. The van der Waals surface area contributed by atoms with Crippen molar-refractivity contribution in [3.63, 3.8) is 0 Å². The largest absolute Gasteiger partial charge is 0.311 e. The van der Waals surface area contributed by atoms with Crippen molar-refractivity contribution >= 4 is 85.1 Å². The topological polar surface area (TPSA) is 9.72 Å². The lowest BCUT2D eigenvalue weighted by molar-refractivity contribution is 0.590. The van der Waals surface area contributed by atoms with Crippen LogP contribution in [0.3, 0.4) is 0 Å². The zero-order valence-corrected chi connectivity index (χ0v) is 70.2. The van der Waals surface area contributed by atoms with Gasteiger partial charge in [-0.15, -0.1) is 0 Å². The highest BCUT2D eigenvalue weighted by molar-refractivity contribution is 7.00. The first-order valence-electron chi connectivity index (χ1n) is 40.6. The molecule has 0 unspecified atom stereocenters. The second-order valence-electron chi connectivity index (χ2n) is 40.1. The third kappa shape index (κ3) is 13.5. The molecule has 0 saturated heterocycles. The lowest BCUT2D eigenvalue weighted by atomic mass is 9.33. The average molecular weight is 1450 g/mol. The summed E-state index contributed by atoms with van der Waals surface area (Å²) in [6.07, 6.45) is 0. The minimum atomic E-state index is -0.300. The molecule has 0 bridgehead atoms. The summed E-state index contributed by atoms with van der Waals surface area (Å²) in [6.45, 7) is 53.7. The summed E-state index contributed by atoms with van der Waals surface area (Å²) in [4.78, 5) is 7.95. The predicted molar refractivity (Wildman–Crippen MR) is 483 cm³/mol. The summed E-state index contributed by atoms with van der Waals surface area (Å²) in [6, 6.07) is 103. The van der Waals surface area contributed by atoms with Crippen molar-refractivity contribution < 1.29 is 0 Å². The van der Waals surface area contributed by atoms with Crippen molar-refractivity contribution in [3.8, 4) is 55.6 Å². The Morgan fingerprint density at radius 2 is 0.613 bits per heavy atom. The molecule has 0 N–H and O–H groups in total. The monoisotopic (exact) mass is 1450 g/mol. The van der Waals surface area contributed by atoms with E-state index in [0.29, 0.717) is 0 Å². The molecular formula is C107H112BN3. The van der Waals surface area contributed by atoms with Crippen LogP contribution >= 0.6 is 0 Å². The van der Waals surface area contributed by atoms with Crippen molar-refractivity contribution in [1.82, 2.24) is 0 Å². The van der Waals surface area contributed by atoms with Crippen LogP contribution in [-0.4, -0.2) is 6.71 Å². The van der Waals surface area contributed by atoms with E-state index in [1.807, 2.05) is 0 Å². The number of nitrogens with zero attached hydrogens (tertiary/aromatic N) is 3. The van der Waals surface area contributed by atoms with Gasteiger partial charge in [-0.3, -0.25) is 0 Å². The van der Waals surface area contributed by atoms with Crippen molar-refractivity contribution in [2.45, 2.75) is 203 Å².